The third kappa shape index (κ3) is 3.74. The van der Waals surface area contributed by atoms with Crippen LogP contribution in [0.3, 0.4) is 0 Å². The maximum Gasteiger partial charge on any atom is 0.374 e. The van der Waals surface area contributed by atoms with Crippen LogP contribution in [0.2, 0.25) is 0 Å². The van der Waals surface area contributed by atoms with E-state index < -0.39 is 17.7 Å². The minimum Gasteiger partial charge on any atom is -0.496 e. The molecule has 0 amide bonds. The Morgan fingerprint density at radius 2 is 2.11 bits per heavy atom. The zero-order valence-corrected chi connectivity index (χ0v) is 17.3. The molecule has 0 saturated heterocycles. The molecule has 0 saturated carbocycles. The highest BCUT2D eigenvalue weighted by molar-refractivity contribution is 5.95. The number of aliphatic hydroxyl groups is 1. The standard InChI is InChI=1S/C22H28O6/c1-7-26-21(23)17-9-13(8-12(2)3)19-16(27-17)11-15-14(20(19)25-6)10-18(28-15)22(4,5)24/h8-9,11-12,18,24H,7,10H2,1-6H3/t18-/m0/s1. The maximum atomic E-state index is 12.3. The van der Waals surface area contributed by atoms with E-state index in [1.165, 1.54) is 0 Å². The number of allylic oxidation sites excluding steroid dienone is 3. The number of benzene rings is 1. The SMILES string of the molecule is CCOC(=O)C1=CC(=CC(C)C)c2c(cc3c(c2OC)C[C@@H](C(C)(C)O)O3)O1. The maximum absolute atomic E-state index is 12.3. The summed E-state index contributed by atoms with van der Waals surface area (Å²) < 4.78 is 22.7. The van der Waals surface area contributed by atoms with Crippen molar-refractivity contribution in [1.29, 1.82) is 0 Å². The van der Waals surface area contributed by atoms with Crippen LogP contribution < -0.4 is 14.2 Å². The summed E-state index contributed by atoms with van der Waals surface area (Å²) >= 11 is 0. The van der Waals surface area contributed by atoms with Crippen molar-refractivity contribution in [3.63, 3.8) is 0 Å². The van der Waals surface area contributed by atoms with Gasteiger partial charge < -0.3 is 24.1 Å². The lowest BCUT2D eigenvalue weighted by Gasteiger charge is -2.24. The van der Waals surface area contributed by atoms with Gasteiger partial charge in [-0.2, -0.15) is 0 Å². The first kappa shape index (κ1) is 20.3. The third-order valence-electron chi connectivity index (χ3n) is 4.74. The molecule has 1 atom stereocenters. The molecule has 0 fully saturated rings. The van der Waals surface area contributed by atoms with Crippen molar-refractivity contribution < 1.29 is 28.8 Å². The molecule has 0 unspecified atom stereocenters. The number of hydrogen-bond donors (Lipinski definition) is 1. The molecule has 1 N–H and O–H groups in total. The zero-order valence-electron chi connectivity index (χ0n) is 17.3. The van der Waals surface area contributed by atoms with Gasteiger partial charge in [0.25, 0.3) is 0 Å². The average Bonchev–Trinajstić information content (AvgIpc) is 3.03. The Hall–Kier alpha value is -2.47. The van der Waals surface area contributed by atoms with Crippen molar-refractivity contribution in [2.75, 3.05) is 13.7 Å². The van der Waals surface area contributed by atoms with Gasteiger partial charge in [0.1, 0.15) is 23.4 Å². The summed E-state index contributed by atoms with van der Waals surface area (Å²) in [5.41, 5.74) is 1.50. The summed E-state index contributed by atoms with van der Waals surface area (Å²) in [6.45, 7) is 9.58. The lowest BCUT2D eigenvalue weighted by atomic mass is 9.91. The summed E-state index contributed by atoms with van der Waals surface area (Å²) in [5.74, 6) is 1.57. The third-order valence-corrected chi connectivity index (χ3v) is 4.74. The molecule has 1 aromatic rings. The molecular formula is C22H28O6. The van der Waals surface area contributed by atoms with E-state index in [1.807, 2.05) is 0 Å². The van der Waals surface area contributed by atoms with E-state index in [0.29, 0.717) is 23.7 Å². The second-order valence-electron chi connectivity index (χ2n) is 7.92. The molecule has 1 aromatic carbocycles. The van der Waals surface area contributed by atoms with E-state index in [1.54, 1.807) is 40.0 Å². The molecule has 0 aliphatic carbocycles. The zero-order chi connectivity index (χ0) is 20.6. The Bertz CT molecular complexity index is 842. The quantitative estimate of drug-likeness (QED) is 0.776. The Labute approximate surface area is 165 Å². The minimum absolute atomic E-state index is 0.125. The van der Waals surface area contributed by atoms with Crippen molar-refractivity contribution in [2.45, 2.75) is 52.7 Å². The summed E-state index contributed by atoms with van der Waals surface area (Å²) in [6.07, 6.45) is 3.88. The molecule has 152 valence electrons. The molecule has 0 aromatic heterocycles. The van der Waals surface area contributed by atoms with E-state index >= 15 is 0 Å². The van der Waals surface area contributed by atoms with Gasteiger partial charge in [0.2, 0.25) is 5.76 Å². The monoisotopic (exact) mass is 388 g/mol. The van der Waals surface area contributed by atoms with Crippen LogP contribution in [0.25, 0.3) is 5.57 Å². The van der Waals surface area contributed by atoms with Crippen molar-refractivity contribution in [3.8, 4) is 17.2 Å². The molecule has 0 spiro atoms. The molecule has 2 aliphatic heterocycles. The first-order valence-corrected chi connectivity index (χ1v) is 9.57. The smallest absolute Gasteiger partial charge is 0.374 e. The first-order valence-electron chi connectivity index (χ1n) is 9.57. The highest BCUT2D eigenvalue weighted by Crippen LogP contribution is 2.50. The number of hydrogen-bond acceptors (Lipinski definition) is 6. The summed E-state index contributed by atoms with van der Waals surface area (Å²) in [5, 5.41) is 10.4. The molecule has 28 heavy (non-hydrogen) atoms. The minimum atomic E-state index is -1.00. The average molecular weight is 388 g/mol. The van der Waals surface area contributed by atoms with Gasteiger partial charge >= 0.3 is 5.97 Å². The Kier molecular flexibility index (Phi) is 5.44. The number of carbonyl (C=O) groups is 1. The highest BCUT2D eigenvalue weighted by atomic mass is 16.6. The molecule has 6 heteroatoms. The molecule has 2 heterocycles. The van der Waals surface area contributed by atoms with Gasteiger partial charge in [-0.15, -0.1) is 0 Å². The normalized spacial score (nSPS) is 19.5. The fourth-order valence-corrected chi connectivity index (χ4v) is 3.46. The number of rotatable bonds is 5. The fraction of sp³-hybridized carbons (Fsp3) is 0.500. The van der Waals surface area contributed by atoms with Crippen LogP contribution in [-0.2, 0) is 16.0 Å². The predicted molar refractivity (Wildman–Crippen MR) is 106 cm³/mol. The number of esters is 1. The second-order valence-corrected chi connectivity index (χ2v) is 7.92. The van der Waals surface area contributed by atoms with Crippen LogP contribution in [0.4, 0.5) is 0 Å². The van der Waals surface area contributed by atoms with Gasteiger partial charge in [-0.3, -0.25) is 0 Å². The van der Waals surface area contributed by atoms with Crippen molar-refractivity contribution in [1.82, 2.24) is 0 Å². The summed E-state index contributed by atoms with van der Waals surface area (Å²) in [4.78, 5) is 12.3. The van der Waals surface area contributed by atoms with Gasteiger partial charge in [-0.25, -0.2) is 4.79 Å². The van der Waals surface area contributed by atoms with Crippen molar-refractivity contribution in [2.24, 2.45) is 5.92 Å². The topological polar surface area (TPSA) is 74.2 Å². The van der Waals surface area contributed by atoms with Gasteiger partial charge in [0.15, 0.2) is 0 Å². The number of methoxy groups -OCH3 is 1. The summed E-state index contributed by atoms with van der Waals surface area (Å²) in [6, 6.07) is 1.76. The van der Waals surface area contributed by atoms with Crippen LogP contribution in [0, 0.1) is 5.92 Å². The summed E-state index contributed by atoms with van der Waals surface area (Å²) in [7, 11) is 1.60. The fourth-order valence-electron chi connectivity index (χ4n) is 3.46. The van der Waals surface area contributed by atoms with Crippen LogP contribution >= 0.6 is 0 Å². The Balaban J connectivity index is 2.13. The van der Waals surface area contributed by atoms with Crippen LogP contribution in [0.1, 0.15) is 45.7 Å². The molecule has 0 radical (unpaired) electrons. The van der Waals surface area contributed by atoms with E-state index in [4.69, 9.17) is 18.9 Å². The molecule has 0 bridgehead atoms. The largest absolute Gasteiger partial charge is 0.496 e. The van der Waals surface area contributed by atoms with E-state index in [9.17, 15) is 9.90 Å². The highest BCUT2D eigenvalue weighted by Gasteiger charge is 2.39. The molecule has 3 rings (SSSR count). The van der Waals surface area contributed by atoms with Crippen LogP contribution in [0.15, 0.2) is 24.0 Å². The Morgan fingerprint density at radius 3 is 2.68 bits per heavy atom. The number of fused-ring (bicyclic) bond motifs is 2. The lowest BCUT2D eigenvalue weighted by Crippen LogP contribution is -2.39. The lowest BCUT2D eigenvalue weighted by molar-refractivity contribution is -0.141. The van der Waals surface area contributed by atoms with Gasteiger partial charge in [0.05, 0.1) is 24.9 Å². The van der Waals surface area contributed by atoms with Crippen molar-refractivity contribution in [3.05, 3.63) is 35.1 Å². The van der Waals surface area contributed by atoms with E-state index in [-0.39, 0.29) is 18.3 Å². The molecule has 2 aliphatic rings. The van der Waals surface area contributed by atoms with Gasteiger partial charge in [0, 0.05) is 18.1 Å². The van der Waals surface area contributed by atoms with E-state index in [0.717, 1.165) is 16.7 Å². The molecular weight excluding hydrogens is 360 g/mol. The van der Waals surface area contributed by atoms with Crippen LogP contribution in [0.5, 0.6) is 17.2 Å². The number of ether oxygens (including phenoxy) is 4. The van der Waals surface area contributed by atoms with Gasteiger partial charge in [-0.05, 0) is 38.3 Å². The second kappa shape index (κ2) is 7.51. The molecule has 6 nitrogen and oxygen atoms in total. The van der Waals surface area contributed by atoms with E-state index in [2.05, 4.69) is 19.9 Å². The van der Waals surface area contributed by atoms with Crippen LogP contribution in [-0.4, -0.2) is 36.5 Å². The number of carbonyl (C=O) groups excluding carboxylic acids is 1. The predicted octanol–water partition coefficient (Wildman–Crippen LogP) is 3.65. The van der Waals surface area contributed by atoms with Crippen molar-refractivity contribution >= 4 is 11.5 Å². The van der Waals surface area contributed by atoms with Gasteiger partial charge in [-0.1, -0.05) is 19.9 Å². The first-order chi connectivity index (χ1) is 13.2. The Morgan fingerprint density at radius 1 is 1.39 bits per heavy atom.